The number of primary amides is 1. The normalized spacial score (nSPS) is 10.8. The molecule has 0 unspecified atom stereocenters. The van der Waals surface area contributed by atoms with Gasteiger partial charge < -0.3 is 20.5 Å². The molecule has 22 heavy (non-hydrogen) atoms. The summed E-state index contributed by atoms with van der Waals surface area (Å²) in [7, 11) is 0. The first-order chi connectivity index (χ1) is 9.73. The largest absolute Gasteiger partial charge is 0.490 e. The minimum absolute atomic E-state index is 0. The van der Waals surface area contributed by atoms with Crippen molar-refractivity contribution in [2.75, 3.05) is 13.2 Å². The zero-order valence-electron chi connectivity index (χ0n) is 13.4. The summed E-state index contributed by atoms with van der Waals surface area (Å²) < 4.78 is 11.7. The van der Waals surface area contributed by atoms with Crippen molar-refractivity contribution in [2.45, 2.75) is 39.8 Å². The van der Waals surface area contributed by atoms with Gasteiger partial charge in [-0.15, -0.1) is 12.4 Å². The Kier molecular flexibility index (Phi) is 8.81. The van der Waals surface area contributed by atoms with Crippen LogP contribution in [0.25, 0.3) is 0 Å². The summed E-state index contributed by atoms with van der Waals surface area (Å²) in [6, 6.07) is 3.85. The zero-order chi connectivity index (χ0) is 16.0. The van der Waals surface area contributed by atoms with E-state index in [2.05, 4.69) is 42.0 Å². The predicted octanol–water partition coefficient (Wildman–Crippen LogP) is 3.02. The van der Waals surface area contributed by atoms with Crippen LogP contribution in [-0.4, -0.2) is 24.7 Å². The van der Waals surface area contributed by atoms with Crippen molar-refractivity contribution in [3.63, 3.8) is 0 Å². The van der Waals surface area contributed by atoms with Gasteiger partial charge in [-0.25, -0.2) is 0 Å². The van der Waals surface area contributed by atoms with Gasteiger partial charge in [0.25, 0.3) is 5.91 Å². The van der Waals surface area contributed by atoms with Crippen LogP contribution in [0, 0.1) is 0 Å². The average molecular weight is 396 g/mol. The van der Waals surface area contributed by atoms with Gasteiger partial charge in [0.2, 0.25) is 0 Å². The number of benzene rings is 1. The van der Waals surface area contributed by atoms with Gasteiger partial charge in [-0.2, -0.15) is 0 Å². The van der Waals surface area contributed by atoms with E-state index in [1.807, 2.05) is 19.1 Å². The van der Waals surface area contributed by atoms with Crippen LogP contribution in [0.2, 0.25) is 0 Å². The summed E-state index contributed by atoms with van der Waals surface area (Å²) in [5, 5.41) is 3.41. The maximum atomic E-state index is 10.9. The lowest BCUT2D eigenvalue weighted by molar-refractivity contribution is -0.119. The molecule has 0 heterocycles. The molecule has 0 aliphatic heterocycles. The van der Waals surface area contributed by atoms with Crippen molar-refractivity contribution in [3.05, 3.63) is 22.2 Å². The molecule has 1 rings (SSSR count). The number of hydrogen-bond acceptors (Lipinski definition) is 4. The molecule has 0 saturated carbocycles. The minimum atomic E-state index is -0.525. The number of halogens is 2. The SMILES string of the molecule is CCOc1cc(CNC(C)(C)C)cc(Br)c1OCC(N)=O.Cl. The third-order valence-electron chi connectivity index (χ3n) is 2.55. The van der Waals surface area contributed by atoms with Crippen LogP contribution in [0.15, 0.2) is 16.6 Å². The Labute approximate surface area is 146 Å². The molecule has 0 fully saturated rings. The van der Waals surface area contributed by atoms with Crippen LogP contribution in [0.5, 0.6) is 11.5 Å². The number of nitrogens with one attached hydrogen (secondary N) is 1. The van der Waals surface area contributed by atoms with E-state index in [1.54, 1.807) is 0 Å². The fourth-order valence-electron chi connectivity index (χ4n) is 1.64. The third-order valence-corrected chi connectivity index (χ3v) is 3.14. The number of carbonyl (C=O) groups excluding carboxylic acids is 1. The Hall–Kier alpha value is -0.980. The Morgan fingerprint density at radius 3 is 2.45 bits per heavy atom. The molecule has 0 atom stereocenters. The van der Waals surface area contributed by atoms with Gasteiger partial charge in [-0.1, -0.05) is 0 Å². The molecule has 0 spiro atoms. The molecule has 1 aromatic rings. The van der Waals surface area contributed by atoms with Crippen LogP contribution in [0.1, 0.15) is 33.3 Å². The van der Waals surface area contributed by atoms with Crippen LogP contribution in [0.4, 0.5) is 0 Å². The summed E-state index contributed by atoms with van der Waals surface area (Å²) in [6.45, 7) is 9.25. The van der Waals surface area contributed by atoms with E-state index in [4.69, 9.17) is 15.2 Å². The van der Waals surface area contributed by atoms with Crippen molar-refractivity contribution in [3.8, 4) is 11.5 Å². The summed E-state index contributed by atoms with van der Waals surface area (Å²) in [5.74, 6) is 0.566. The van der Waals surface area contributed by atoms with E-state index in [1.165, 1.54) is 0 Å². The second kappa shape index (κ2) is 9.22. The van der Waals surface area contributed by atoms with Crippen molar-refractivity contribution in [2.24, 2.45) is 5.73 Å². The van der Waals surface area contributed by atoms with Gasteiger partial charge in [0, 0.05) is 12.1 Å². The van der Waals surface area contributed by atoms with Gasteiger partial charge >= 0.3 is 0 Å². The smallest absolute Gasteiger partial charge is 0.255 e. The first kappa shape index (κ1) is 21.0. The van der Waals surface area contributed by atoms with Crippen LogP contribution in [0.3, 0.4) is 0 Å². The van der Waals surface area contributed by atoms with Gasteiger partial charge in [0.15, 0.2) is 18.1 Å². The summed E-state index contributed by atoms with van der Waals surface area (Å²) >= 11 is 3.45. The molecule has 5 nitrogen and oxygen atoms in total. The van der Waals surface area contributed by atoms with Crippen LogP contribution in [-0.2, 0) is 11.3 Å². The second-order valence-electron chi connectivity index (χ2n) is 5.70. The Bertz CT molecular complexity index is 504. The quantitative estimate of drug-likeness (QED) is 0.744. The molecular weight excluding hydrogens is 372 g/mol. The van der Waals surface area contributed by atoms with Crippen molar-refractivity contribution < 1.29 is 14.3 Å². The maximum absolute atomic E-state index is 10.9. The monoisotopic (exact) mass is 394 g/mol. The number of nitrogens with two attached hydrogens (primary N) is 1. The topological polar surface area (TPSA) is 73.6 Å². The summed E-state index contributed by atoms with van der Waals surface area (Å²) in [6.07, 6.45) is 0. The molecule has 0 bridgehead atoms. The number of hydrogen-bond donors (Lipinski definition) is 2. The Morgan fingerprint density at radius 1 is 1.32 bits per heavy atom. The van der Waals surface area contributed by atoms with E-state index in [0.717, 1.165) is 10.0 Å². The Morgan fingerprint density at radius 2 is 1.95 bits per heavy atom. The molecule has 0 aromatic heterocycles. The summed E-state index contributed by atoms with van der Waals surface area (Å²) in [4.78, 5) is 10.9. The molecule has 0 aliphatic rings. The lowest BCUT2D eigenvalue weighted by atomic mass is 10.1. The van der Waals surface area contributed by atoms with E-state index in [-0.39, 0.29) is 24.6 Å². The van der Waals surface area contributed by atoms with Gasteiger partial charge in [-0.3, -0.25) is 4.79 Å². The van der Waals surface area contributed by atoms with Gasteiger partial charge in [0.05, 0.1) is 11.1 Å². The van der Waals surface area contributed by atoms with Crippen molar-refractivity contribution >= 4 is 34.2 Å². The first-order valence-corrected chi connectivity index (χ1v) is 7.63. The van der Waals surface area contributed by atoms with E-state index < -0.39 is 5.91 Å². The van der Waals surface area contributed by atoms with E-state index in [9.17, 15) is 4.79 Å². The third kappa shape index (κ3) is 7.33. The molecule has 0 saturated heterocycles. The number of rotatable bonds is 7. The second-order valence-corrected chi connectivity index (χ2v) is 6.55. The van der Waals surface area contributed by atoms with Gasteiger partial charge in [0.1, 0.15) is 0 Å². The lowest BCUT2D eigenvalue weighted by Crippen LogP contribution is -2.35. The fourth-order valence-corrected chi connectivity index (χ4v) is 2.24. The summed E-state index contributed by atoms with van der Waals surface area (Å²) in [5.41, 5.74) is 6.20. The first-order valence-electron chi connectivity index (χ1n) is 6.84. The van der Waals surface area contributed by atoms with Crippen molar-refractivity contribution in [1.82, 2.24) is 5.32 Å². The van der Waals surface area contributed by atoms with E-state index in [0.29, 0.717) is 24.7 Å². The van der Waals surface area contributed by atoms with Crippen molar-refractivity contribution in [1.29, 1.82) is 0 Å². The number of carbonyl (C=O) groups is 1. The lowest BCUT2D eigenvalue weighted by Gasteiger charge is -2.21. The molecular formula is C15H24BrClN2O3. The highest BCUT2D eigenvalue weighted by Crippen LogP contribution is 2.37. The van der Waals surface area contributed by atoms with Gasteiger partial charge in [-0.05, 0) is 61.3 Å². The molecule has 0 radical (unpaired) electrons. The number of amides is 1. The highest BCUT2D eigenvalue weighted by Gasteiger charge is 2.15. The van der Waals surface area contributed by atoms with E-state index >= 15 is 0 Å². The molecule has 126 valence electrons. The Balaban J connectivity index is 0.00000441. The molecule has 0 aliphatic carbocycles. The van der Waals surface area contributed by atoms with Crippen LogP contribution < -0.4 is 20.5 Å². The maximum Gasteiger partial charge on any atom is 0.255 e. The zero-order valence-corrected chi connectivity index (χ0v) is 15.8. The number of ether oxygens (including phenoxy) is 2. The standard InChI is InChI=1S/C15H23BrN2O3.ClH/c1-5-20-12-7-10(8-18-15(2,3)4)6-11(16)14(12)21-9-13(17)19;/h6-7,18H,5,8-9H2,1-4H3,(H2,17,19);1H. The predicted molar refractivity (Wildman–Crippen MR) is 93.8 cm³/mol. The molecule has 7 heteroatoms. The highest BCUT2D eigenvalue weighted by molar-refractivity contribution is 9.10. The highest BCUT2D eigenvalue weighted by atomic mass is 79.9. The molecule has 1 aromatic carbocycles. The minimum Gasteiger partial charge on any atom is -0.490 e. The molecule has 1 amide bonds. The fraction of sp³-hybridized carbons (Fsp3) is 0.533. The average Bonchev–Trinajstić information content (AvgIpc) is 2.34. The van der Waals surface area contributed by atoms with Crippen LogP contribution >= 0.6 is 28.3 Å². The molecule has 3 N–H and O–H groups in total.